The first-order valence-corrected chi connectivity index (χ1v) is 6.66. The Labute approximate surface area is 119 Å². The number of aryl methyl sites for hydroxylation is 1. The van der Waals surface area contributed by atoms with Crippen molar-refractivity contribution in [2.24, 2.45) is 0 Å². The molecule has 1 aromatic heterocycles. The fourth-order valence-corrected chi connectivity index (χ4v) is 2.24. The van der Waals surface area contributed by atoms with Crippen LogP contribution < -0.4 is 4.74 Å². The standard InChI is InChI=1S/C18H17NO/c1-13-3-5-14(6-4-13)16-11-18(19-12-16)15-7-9-17(20-2)10-8-15/h3-12,19H,1-2H3. The summed E-state index contributed by atoms with van der Waals surface area (Å²) in [7, 11) is 1.68. The first-order valence-electron chi connectivity index (χ1n) is 6.66. The Hall–Kier alpha value is -2.48. The van der Waals surface area contributed by atoms with Crippen LogP contribution in [0.2, 0.25) is 0 Å². The minimum Gasteiger partial charge on any atom is -0.497 e. The van der Waals surface area contributed by atoms with Crippen molar-refractivity contribution in [2.75, 3.05) is 7.11 Å². The Kier molecular flexibility index (Phi) is 3.30. The summed E-state index contributed by atoms with van der Waals surface area (Å²) in [6.45, 7) is 2.10. The third-order valence-electron chi connectivity index (χ3n) is 3.47. The van der Waals surface area contributed by atoms with Crippen molar-refractivity contribution in [3.8, 4) is 28.1 Å². The quantitative estimate of drug-likeness (QED) is 0.730. The van der Waals surface area contributed by atoms with Crippen molar-refractivity contribution in [1.82, 2.24) is 4.98 Å². The van der Waals surface area contributed by atoms with Gasteiger partial charge in [0.25, 0.3) is 0 Å². The molecule has 100 valence electrons. The molecule has 0 amide bonds. The van der Waals surface area contributed by atoms with E-state index in [0.717, 1.165) is 17.0 Å². The SMILES string of the molecule is COc1ccc(-c2cc(-c3ccc(C)cc3)c[nH]2)cc1. The van der Waals surface area contributed by atoms with Crippen LogP contribution >= 0.6 is 0 Å². The van der Waals surface area contributed by atoms with Crippen molar-refractivity contribution in [1.29, 1.82) is 0 Å². The van der Waals surface area contributed by atoms with Gasteiger partial charge in [-0.15, -0.1) is 0 Å². The van der Waals surface area contributed by atoms with Crippen molar-refractivity contribution < 1.29 is 4.74 Å². The summed E-state index contributed by atoms with van der Waals surface area (Å²) in [5.74, 6) is 0.874. The van der Waals surface area contributed by atoms with Crippen molar-refractivity contribution in [3.63, 3.8) is 0 Å². The van der Waals surface area contributed by atoms with Gasteiger partial charge in [-0.2, -0.15) is 0 Å². The Morgan fingerprint density at radius 2 is 1.45 bits per heavy atom. The molecule has 1 N–H and O–H groups in total. The van der Waals surface area contributed by atoms with Gasteiger partial charge in [0.1, 0.15) is 5.75 Å². The van der Waals surface area contributed by atoms with Crippen molar-refractivity contribution >= 4 is 0 Å². The van der Waals surface area contributed by atoms with E-state index in [2.05, 4.69) is 54.4 Å². The fraction of sp³-hybridized carbons (Fsp3) is 0.111. The molecular formula is C18H17NO. The average Bonchev–Trinajstić information content (AvgIpc) is 2.98. The van der Waals surface area contributed by atoms with Gasteiger partial charge in [-0.05, 0) is 53.9 Å². The Balaban J connectivity index is 1.91. The van der Waals surface area contributed by atoms with Crippen molar-refractivity contribution in [3.05, 3.63) is 66.4 Å². The first kappa shape index (κ1) is 12.5. The zero-order valence-electron chi connectivity index (χ0n) is 11.7. The molecule has 0 aliphatic heterocycles. The van der Waals surface area contributed by atoms with Crippen LogP contribution in [0, 0.1) is 6.92 Å². The summed E-state index contributed by atoms with van der Waals surface area (Å²) in [6.07, 6.45) is 2.05. The van der Waals surface area contributed by atoms with E-state index >= 15 is 0 Å². The summed E-state index contributed by atoms with van der Waals surface area (Å²) in [5, 5.41) is 0. The zero-order chi connectivity index (χ0) is 13.9. The maximum absolute atomic E-state index is 5.18. The van der Waals surface area contributed by atoms with Gasteiger partial charge in [-0.25, -0.2) is 0 Å². The van der Waals surface area contributed by atoms with Crippen LogP contribution in [0.5, 0.6) is 5.75 Å². The molecule has 0 saturated carbocycles. The maximum atomic E-state index is 5.18. The van der Waals surface area contributed by atoms with E-state index in [9.17, 15) is 0 Å². The number of H-pyrrole nitrogens is 1. The molecule has 0 unspecified atom stereocenters. The Morgan fingerprint density at radius 1 is 0.800 bits per heavy atom. The molecule has 3 aromatic rings. The second-order valence-electron chi connectivity index (χ2n) is 4.90. The molecule has 2 heteroatoms. The highest BCUT2D eigenvalue weighted by atomic mass is 16.5. The van der Waals surface area contributed by atoms with E-state index in [1.54, 1.807) is 7.11 Å². The third kappa shape index (κ3) is 2.45. The number of nitrogens with one attached hydrogen (secondary N) is 1. The summed E-state index contributed by atoms with van der Waals surface area (Å²) < 4.78 is 5.18. The van der Waals surface area contributed by atoms with Crippen LogP contribution in [0.25, 0.3) is 22.4 Å². The van der Waals surface area contributed by atoms with Gasteiger partial charge in [0.05, 0.1) is 7.11 Å². The summed E-state index contributed by atoms with van der Waals surface area (Å²) >= 11 is 0. The topological polar surface area (TPSA) is 25.0 Å². The highest BCUT2D eigenvalue weighted by Gasteiger charge is 2.04. The van der Waals surface area contributed by atoms with Crippen LogP contribution in [0.1, 0.15) is 5.56 Å². The van der Waals surface area contributed by atoms with Crippen LogP contribution in [-0.2, 0) is 0 Å². The molecule has 0 saturated heterocycles. The predicted molar refractivity (Wildman–Crippen MR) is 83.0 cm³/mol. The second-order valence-corrected chi connectivity index (χ2v) is 4.90. The number of hydrogen-bond acceptors (Lipinski definition) is 1. The second kappa shape index (κ2) is 5.25. The van der Waals surface area contributed by atoms with E-state index in [-0.39, 0.29) is 0 Å². The van der Waals surface area contributed by atoms with Gasteiger partial charge >= 0.3 is 0 Å². The highest BCUT2D eigenvalue weighted by molar-refractivity contribution is 5.71. The lowest BCUT2D eigenvalue weighted by atomic mass is 10.1. The van der Waals surface area contributed by atoms with Gasteiger partial charge in [-0.3, -0.25) is 0 Å². The van der Waals surface area contributed by atoms with Crippen LogP contribution in [0.4, 0.5) is 0 Å². The number of benzene rings is 2. The number of methoxy groups -OCH3 is 1. The van der Waals surface area contributed by atoms with E-state index < -0.39 is 0 Å². The lowest BCUT2D eigenvalue weighted by Crippen LogP contribution is -1.82. The average molecular weight is 263 g/mol. The molecule has 0 aliphatic carbocycles. The molecule has 0 aliphatic rings. The molecule has 0 bridgehead atoms. The smallest absolute Gasteiger partial charge is 0.118 e. The van der Waals surface area contributed by atoms with Crippen LogP contribution in [0.15, 0.2) is 60.8 Å². The summed E-state index contributed by atoms with van der Waals surface area (Å²) in [4.78, 5) is 3.33. The highest BCUT2D eigenvalue weighted by Crippen LogP contribution is 2.27. The van der Waals surface area contributed by atoms with E-state index in [1.165, 1.54) is 16.7 Å². The number of hydrogen-bond donors (Lipinski definition) is 1. The molecular weight excluding hydrogens is 246 g/mol. The molecule has 3 rings (SSSR count). The molecule has 1 heterocycles. The van der Waals surface area contributed by atoms with E-state index in [4.69, 9.17) is 4.74 Å². The molecule has 2 aromatic carbocycles. The van der Waals surface area contributed by atoms with Gasteiger partial charge in [0.15, 0.2) is 0 Å². The first-order chi connectivity index (χ1) is 9.76. The van der Waals surface area contributed by atoms with Gasteiger partial charge in [0.2, 0.25) is 0 Å². The zero-order valence-corrected chi connectivity index (χ0v) is 11.7. The summed E-state index contributed by atoms with van der Waals surface area (Å²) in [6, 6.07) is 18.8. The van der Waals surface area contributed by atoms with Crippen LogP contribution in [0.3, 0.4) is 0 Å². The fourth-order valence-electron chi connectivity index (χ4n) is 2.24. The minimum absolute atomic E-state index is 0.874. The normalized spacial score (nSPS) is 10.5. The number of aromatic amines is 1. The Bertz CT molecular complexity index is 693. The molecule has 0 atom stereocenters. The Morgan fingerprint density at radius 3 is 2.10 bits per heavy atom. The van der Waals surface area contributed by atoms with Gasteiger partial charge < -0.3 is 9.72 Å². The monoisotopic (exact) mass is 263 g/mol. The van der Waals surface area contributed by atoms with Gasteiger partial charge in [-0.1, -0.05) is 29.8 Å². The predicted octanol–water partition coefficient (Wildman–Crippen LogP) is 4.67. The molecule has 20 heavy (non-hydrogen) atoms. The number of ether oxygens (including phenoxy) is 1. The molecule has 0 radical (unpaired) electrons. The number of aromatic nitrogens is 1. The largest absolute Gasteiger partial charge is 0.497 e. The van der Waals surface area contributed by atoms with Gasteiger partial charge in [0, 0.05) is 11.9 Å². The van der Waals surface area contributed by atoms with E-state index in [0.29, 0.717) is 0 Å². The lowest BCUT2D eigenvalue weighted by molar-refractivity contribution is 0.415. The maximum Gasteiger partial charge on any atom is 0.118 e. The lowest BCUT2D eigenvalue weighted by Gasteiger charge is -2.01. The summed E-state index contributed by atoms with van der Waals surface area (Å²) in [5.41, 5.74) is 5.98. The van der Waals surface area contributed by atoms with Crippen LogP contribution in [-0.4, -0.2) is 12.1 Å². The minimum atomic E-state index is 0.874. The van der Waals surface area contributed by atoms with E-state index in [1.807, 2.05) is 18.3 Å². The molecule has 2 nitrogen and oxygen atoms in total. The number of rotatable bonds is 3. The molecule has 0 spiro atoms. The molecule has 0 fully saturated rings. The third-order valence-corrected chi connectivity index (χ3v) is 3.47. The van der Waals surface area contributed by atoms with Crippen molar-refractivity contribution in [2.45, 2.75) is 6.92 Å².